The summed E-state index contributed by atoms with van der Waals surface area (Å²) in [6.07, 6.45) is 1.97. The molecule has 0 aliphatic heterocycles. The van der Waals surface area contributed by atoms with Gasteiger partial charge in [0.1, 0.15) is 0 Å². The van der Waals surface area contributed by atoms with E-state index in [0.29, 0.717) is 0 Å². The summed E-state index contributed by atoms with van der Waals surface area (Å²) >= 11 is 0. The van der Waals surface area contributed by atoms with Crippen LogP contribution < -0.4 is 0 Å². The Kier molecular flexibility index (Phi) is 10.2. The molecule has 0 amide bonds. The second-order valence-corrected chi connectivity index (χ2v) is 13.6. The molecule has 0 aliphatic carbocycles. The van der Waals surface area contributed by atoms with Crippen LogP contribution in [0.15, 0.2) is 194 Å². The molecule has 0 fully saturated rings. The van der Waals surface area contributed by atoms with E-state index in [9.17, 15) is 0 Å². The molecule has 1 aromatic heterocycles. The standard InChI is InChI=1S/C50H38N.Ir/c1-50(2,47-23-7-4-8-24-47)48-28-25-37(26-29-48)39-16-10-21-44(32-39)46-27-30-49(51-35-46)45-22-12-20-43(34-45)42-19-11-18-41(33-42)40-17-9-15-38(31-40)36-13-5-3-6-14-36;/h3-21,23-35H,1-2H3;/q-1;. The molecule has 0 saturated heterocycles. The molecule has 253 valence electrons. The number of hydrogen-bond donors (Lipinski definition) is 0. The van der Waals surface area contributed by atoms with Crippen molar-refractivity contribution in [1.29, 1.82) is 0 Å². The third kappa shape index (κ3) is 7.36. The largest absolute Gasteiger partial charge is 0.304 e. The molecule has 0 N–H and O–H groups in total. The Morgan fingerprint density at radius 1 is 0.385 bits per heavy atom. The average Bonchev–Trinajstić information content (AvgIpc) is 3.22. The van der Waals surface area contributed by atoms with Crippen molar-refractivity contribution in [2.75, 3.05) is 0 Å². The van der Waals surface area contributed by atoms with E-state index >= 15 is 0 Å². The van der Waals surface area contributed by atoms with Crippen molar-refractivity contribution in [3.05, 3.63) is 211 Å². The molecule has 52 heavy (non-hydrogen) atoms. The van der Waals surface area contributed by atoms with E-state index in [2.05, 4.69) is 202 Å². The summed E-state index contributed by atoms with van der Waals surface area (Å²) in [5, 5.41) is 0. The van der Waals surface area contributed by atoms with Crippen molar-refractivity contribution >= 4 is 0 Å². The normalized spacial score (nSPS) is 11.1. The fourth-order valence-electron chi connectivity index (χ4n) is 6.88. The summed E-state index contributed by atoms with van der Waals surface area (Å²) in [5.41, 5.74) is 16.2. The second kappa shape index (κ2) is 15.3. The molecule has 0 unspecified atom stereocenters. The van der Waals surface area contributed by atoms with Crippen molar-refractivity contribution in [3.8, 4) is 66.9 Å². The fraction of sp³-hybridized carbons (Fsp3) is 0.0600. The number of hydrogen-bond acceptors (Lipinski definition) is 1. The molecule has 0 spiro atoms. The van der Waals surface area contributed by atoms with Gasteiger partial charge in [-0.05, 0) is 85.1 Å². The van der Waals surface area contributed by atoms with Crippen LogP contribution in [-0.2, 0) is 25.5 Å². The average molecular weight is 845 g/mol. The summed E-state index contributed by atoms with van der Waals surface area (Å²) in [6.45, 7) is 4.57. The Hall–Kier alpha value is -5.66. The summed E-state index contributed by atoms with van der Waals surface area (Å²) in [6, 6.07) is 70.4. The van der Waals surface area contributed by atoms with Crippen LogP contribution in [0.3, 0.4) is 0 Å². The van der Waals surface area contributed by atoms with E-state index in [1.54, 1.807) is 0 Å². The first kappa shape index (κ1) is 34.8. The molecule has 8 aromatic rings. The SMILES string of the molecule is CC(C)(c1ccccc1)c1ccc(-c2cccc(-c3ccc(-c4[c-]ccc(-c5cccc(-c6cccc(-c7ccccc7)c6)c5)c4)nc3)c2)cc1.[Ir]. The maximum Gasteiger partial charge on any atom is 0.0239 e. The molecule has 8 rings (SSSR count). The topological polar surface area (TPSA) is 12.9 Å². The Balaban J connectivity index is 0.00000420. The molecule has 7 aromatic carbocycles. The van der Waals surface area contributed by atoms with Crippen LogP contribution in [0, 0.1) is 6.07 Å². The zero-order valence-electron chi connectivity index (χ0n) is 29.3. The van der Waals surface area contributed by atoms with Crippen molar-refractivity contribution in [3.63, 3.8) is 0 Å². The van der Waals surface area contributed by atoms with Crippen molar-refractivity contribution in [2.24, 2.45) is 0 Å². The van der Waals surface area contributed by atoms with Crippen molar-refractivity contribution < 1.29 is 20.1 Å². The van der Waals surface area contributed by atoms with E-state index in [1.165, 1.54) is 44.5 Å². The van der Waals surface area contributed by atoms with Crippen LogP contribution in [0.1, 0.15) is 25.0 Å². The third-order valence-electron chi connectivity index (χ3n) is 9.97. The van der Waals surface area contributed by atoms with E-state index in [-0.39, 0.29) is 25.5 Å². The van der Waals surface area contributed by atoms with E-state index in [1.807, 2.05) is 12.3 Å². The minimum atomic E-state index is -0.0641. The molecule has 1 nitrogen and oxygen atoms in total. The summed E-state index contributed by atoms with van der Waals surface area (Å²) in [4.78, 5) is 4.90. The predicted octanol–water partition coefficient (Wildman–Crippen LogP) is 13.2. The first-order chi connectivity index (χ1) is 25.0. The smallest absolute Gasteiger partial charge is 0.0239 e. The van der Waals surface area contributed by atoms with Crippen LogP contribution in [0.4, 0.5) is 0 Å². The monoisotopic (exact) mass is 845 g/mol. The molecule has 0 atom stereocenters. The van der Waals surface area contributed by atoms with Gasteiger partial charge in [0.05, 0.1) is 0 Å². The Morgan fingerprint density at radius 2 is 0.808 bits per heavy atom. The molecule has 1 heterocycles. The second-order valence-electron chi connectivity index (χ2n) is 13.6. The molecule has 1 radical (unpaired) electrons. The van der Waals surface area contributed by atoms with Gasteiger partial charge in [-0.15, -0.1) is 35.4 Å². The van der Waals surface area contributed by atoms with Gasteiger partial charge in [0, 0.05) is 31.7 Å². The minimum absolute atomic E-state index is 0. The van der Waals surface area contributed by atoms with Gasteiger partial charge in [-0.25, -0.2) is 0 Å². The van der Waals surface area contributed by atoms with Gasteiger partial charge in [-0.1, -0.05) is 166 Å². The number of rotatable bonds is 8. The van der Waals surface area contributed by atoms with Gasteiger partial charge in [-0.3, -0.25) is 0 Å². The van der Waals surface area contributed by atoms with E-state index in [4.69, 9.17) is 4.98 Å². The number of aromatic nitrogens is 1. The summed E-state index contributed by atoms with van der Waals surface area (Å²) in [7, 11) is 0. The molecular weight excluding hydrogens is 807 g/mol. The Morgan fingerprint density at radius 3 is 1.35 bits per heavy atom. The van der Waals surface area contributed by atoms with Gasteiger partial charge in [0.15, 0.2) is 0 Å². The summed E-state index contributed by atoms with van der Waals surface area (Å²) < 4.78 is 0. The quantitative estimate of drug-likeness (QED) is 0.139. The van der Waals surface area contributed by atoms with Crippen molar-refractivity contribution in [1.82, 2.24) is 4.98 Å². The van der Waals surface area contributed by atoms with Gasteiger partial charge in [-0.2, -0.15) is 0 Å². The number of pyridine rings is 1. The van der Waals surface area contributed by atoms with Gasteiger partial charge >= 0.3 is 0 Å². The molecule has 0 bridgehead atoms. The molecular formula is C50H38IrN-. The maximum absolute atomic E-state index is 4.90. The Bertz CT molecular complexity index is 2410. The van der Waals surface area contributed by atoms with Crippen LogP contribution in [0.2, 0.25) is 0 Å². The predicted molar refractivity (Wildman–Crippen MR) is 214 cm³/mol. The molecule has 0 aliphatic rings. The van der Waals surface area contributed by atoms with Crippen LogP contribution in [-0.4, -0.2) is 4.98 Å². The molecule has 0 saturated carbocycles. The van der Waals surface area contributed by atoms with Crippen LogP contribution in [0.25, 0.3) is 66.9 Å². The van der Waals surface area contributed by atoms with Crippen LogP contribution >= 0.6 is 0 Å². The van der Waals surface area contributed by atoms with E-state index in [0.717, 1.165) is 33.5 Å². The van der Waals surface area contributed by atoms with Gasteiger partial charge in [0.2, 0.25) is 0 Å². The molecule has 2 heteroatoms. The minimum Gasteiger partial charge on any atom is -0.304 e. The Labute approximate surface area is 321 Å². The number of benzene rings is 7. The van der Waals surface area contributed by atoms with Crippen molar-refractivity contribution in [2.45, 2.75) is 19.3 Å². The maximum atomic E-state index is 4.90. The first-order valence-electron chi connectivity index (χ1n) is 17.5. The fourth-order valence-corrected chi connectivity index (χ4v) is 6.88. The third-order valence-corrected chi connectivity index (χ3v) is 9.97. The summed E-state index contributed by atoms with van der Waals surface area (Å²) in [5.74, 6) is 0. The number of nitrogens with zero attached hydrogens (tertiary/aromatic N) is 1. The first-order valence-corrected chi connectivity index (χ1v) is 17.5. The van der Waals surface area contributed by atoms with Gasteiger partial charge in [0.25, 0.3) is 0 Å². The zero-order chi connectivity index (χ0) is 34.6. The van der Waals surface area contributed by atoms with Gasteiger partial charge < -0.3 is 4.98 Å². The zero-order valence-corrected chi connectivity index (χ0v) is 31.7. The van der Waals surface area contributed by atoms with E-state index < -0.39 is 0 Å². The van der Waals surface area contributed by atoms with Crippen LogP contribution in [0.5, 0.6) is 0 Å².